The summed E-state index contributed by atoms with van der Waals surface area (Å²) in [6.07, 6.45) is 3.08. The average Bonchev–Trinajstić information content (AvgIpc) is 2.03. The number of carbonyl (C=O) groups excluding carboxylic acids is 1. The van der Waals surface area contributed by atoms with E-state index in [-0.39, 0.29) is 11.2 Å². The van der Waals surface area contributed by atoms with Gasteiger partial charge in [-0.15, -0.1) is 0 Å². The van der Waals surface area contributed by atoms with Gasteiger partial charge in [-0.3, -0.25) is 4.79 Å². The highest BCUT2D eigenvalue weighted by atomic mass is 16.5. The Labute approximate surface area is 80.7 Å². The average molecular weight is 184 g/mol. The molecule has 0 aromatic heterocycles. The van der Waals surface area contributed by atoms with Crippen molar-refractivity contribution in [1.29, 1.82) is 0 Å². The smallest absolute Gasteiger partial charge is 0.169 e. The fourth-order valence-electron chi connectivity index (χ4n) is 1.91. The Kier molecular flexibility index (Phi) is 2.81. The Morgan fingerprint density at radius 2 is 1.92 bits per heavy atom. The van der Waals surface area contributed by atoms with Crippen molar-refractivity contribution in [3.8, 4) is 0 Å². The lowest BCUT2D eigenvalue weighted by molar-refractivity contribution is -0.156. The van der Waals surface area contributed by atoms with Crippen LogP contribution in [0.4, 0.5) is 0 Å². The van der Waals surface area contributed by atoms with Gasteiger partial charge in [-0.1, -0.05) is 20.8 Å². The molecule has 1 heterocycles. The summed E-state index contributed by atoms with van der Waals surface area (Å²) in [5, 5.41) is 0. The molecule has 0 amide bonds. The second-order valence-corrected chi connectivity index (χ2v) is 5.12. The van der Waals surface area contributed by atoms with Crippen LogP contribution in [0.15, 0.2) is 0 Å². The normalized spacial score (nSPS) is 30.2. The topological polar surface area (TPSA) is 26.3 Å². The van der Waals surface area contributed by atoms with E-state index < -0.39 is 5.60 Å². The number of Topliss-reactive ketones (excluding diaryl/α,β-unsaturated/α-hetero) is 1. The predicted octanol–water partition coefficient (Wildman–Crippen LogP) is 2.56. The van der Waals surface area contributed by atoms with E-state index in [2.05, 4.69) is 0 Å². The van der Waals surface area contributed by atoms with Crippen LogP contribution >= 0.6 is 0 Å². The molecule has 0 radical (unpaired) electrons. The van der Waals surface area contributed by atoms with Crippen molar-refractivity contribution in [3.05, 3.63) is 0 Å². The molecule has 2 nitrogen and oxygen atoms in total. The highest BCUT2D eigenvalue weighted by Gasteiger charge is 2.41. The van der Waals surface area contributed by atoms with Crippen LogP contribution in [0.2, 0.25) is 0 Å². The molecule has 13 heavy (non-hydrogen) atoms. The number of rotatable bonds is 1. The molecule has 0 N–H and O–H groups in total. The van der Waals surface area contributed by atoms with Crippen LogP contribution in [-0.2, 0) is 9.53 Å². The molecular formula is C11H20O2. The summed E-state index contributed by atoms with van der Waals surface area (Å²) in [7, 11) is 0. The van der Waals surface area contributed by atoms with Gasteiger partial charge in [0.15, 0.2) is 5.78 Å². The van der Waals surface area contributed by atoms with E-state index >= 15 is 0 Å². The second-order valence-electron chi connectivity index (χ2n) is 5.12. The van der Waals surface area contributed by atoms with Crippen LogP contribution in [0, 0.1) is 5.41 Å². The molecule has 76 valence electrons. The minimum atomic E-state index is -0.517. The van der Waals surface area contributed by atoms with Crippen LogP contribution in [-0.4, -0.2) is 18.0 Å². The zero-order valence-electron chi connectivity index (χ0n) is 9.14. The van der Waals surface area contributed by atoms with Crippen LogP contribution in [0.1, 0.15) is 47.0 Å². The van der Waals surface area contributed by atoms with Gasteiger partial charge in [-0.05, 0) is 26.2 Å². The van der Waals surface area contributed by atoms with Gasteiger partial charge in [0, 0.05) is 12.0 Å². The van der Waals surface area contributed by atoms with E-state index in [0.717, 1.165) is 25.9 Å². The van der Waals surface area contributed by atoms with Crippen molar-refractivity contribution in [3.63, 3.8) is 0 Å². The molecule has 0 aromatic rings. The monoisotopic (exact) mass is 184 g/mol. The van der Waals surface area contributed by atoms with Crippen molar-refractivity contribution < 1.29 is 9.53 Å². The van der Waals surface area contributed by atoms with Crippen LogP contribution in [0.25, 0.3) is 0 Å². The standard InChI is InChI=1S/C11H20O2/c1-10(2,3)9(12)11(4)7-5-6-8-13-11/h5-8H2,1-4H3/t11-/m1/s1. The fourth-order valence-corrected chi connectivity index (χ4v) is 1.91. The molecule has 0 unspecified atom stereocenters. The Hall–Kier alpha value is -0.370. The highest BCUT2D eigenvalue weighted by molar-refractivity contribution is 5.91. The van der Waals surface area contributed by atoms with E-state index in [9.17, 15) is 4.79 Å². The molecule has 1 rings (SSSR count). The minimum Gasteiger partial charge on any atom is -0.367 e. The molecule has 1 saturated heterocycles. The second kappa shape index (κ2) is 3.41. The van der Waals surface area contributed by atoms with Gasteiger partial charge < -0.3 is 4.74 Å². The third-order valence-corrected chi connectivity index (χ3v) is 2.63. The minimum absolute atomic E-state index is 0.236. The third-order valence-electron chi connectivity index (χ3n) is 2.63. The molecule has 1 aliphatic rings. The van der Waals surface area contributed by atoms with Gasteiger partial charge in [0.2, 0.25) is 0 Å². The lowest BCUT2D eigenvalue weighted by Crippen LogP contribution is -2.47. The zero-order valence-corrected chi connectivity index (χ0v) is 9.14. The number of carbonyl (C=O) groups is 1. The van der Waals surface area contributed by atoms with Crippen molar-refractivity contribution in [2.45, 2.75) is 52.6 Å². The molecule has 1 atom stereocenters. The van der Waals surface area contributed by atoms with Gasteiger partial charge in [-0.2, -0.15) is 0 Å². The maximum Gasteiger partial charge on any atom is 0.169 e. The third kappa shape index (κ3) is 2.31. The number of ketones is 1. The van der Waals surface area contributed by atoms with Crippen molar-refractivity contribution in [2.75, 3.05) is 6.61 Å². The first-order valence-corrected chi connectivity index (χ1v) is 5.05. The maximum atomic E-state index is 12.0. The first-order valence-electron chi connectivity index (χ1n) is 5.05. The lowest BCUT2D eigenvalue weighted by Gasteiger charge is -2.36. The van der Waals surface area contributed by atoms with E-state index in [1.807, 2.05) is 27.7 Å². The molecule has 0 saturated carbocycles. The molecule has 0 aromatic carbocycles. The van der Waals surface area contributed by atoms with Crippen molar-refractivity contribution >= 4 is 5.78 Å². The summed E-state index contributed by atoms with van der Waals surface area (Å²) < 4.78 is 5.60. The van der Waals surface area contributed by atoms with E-state index in [0.29, 0.717) is 0 Å². The first-order chi connectivity index (χ1) is 5.86. The number of hydrogen-bond acceptors (Lipinski definition) is 2. The molecule has 0 spiro atoms. The summed E-state index contributed by atoms with van der Waals surface area (Å²) in [5.74, 6) is 0.236. The summed E-state index contributed by atoms with van der Waals surface area (Å²) in [6.45, 7) is 8.54. The molecular weight excluding hydrogens is 164 g/mol. The van der Waals surface area contributed by atoms with Crippen LogP contribution in [0.3, 0.4) is 0 Å². The van der Waals surface area contributed by atoms with Crippen LogP contribution in [0.5, 0.6) is 0 Å². The molecule has 1 fully saturated rings. The fraction of sp³-hybridized carbons (Fsp3) is 0.909. The van der Waals surface area contributed by atoms with Crippen molar-refractivity contribution in [1.82, 2.24) is 0 Å². The predicted molar refractivity (Wildman–Crippen MR) is 52.7 cm³/mol. The number of hydrogen-bond donors (Lipinski definition) is 0. The summed E-state index contributed by atoms with van der Waals surface area (Å²) in [6, 6.07) is 0. The number of ether oxygens (including phenoxy) is 1. The Morgan fingerprint density at radius 1 is 1.31 bits per heavy atom. The molecule has 0 bridgehead atoms. The van der Waals surface area contributed by atoms with Crippen LogP contribution < -0.4 is 0 Å². The summed E-state index contributed by atoms with van der Waals surface area (Å²) >= 11 is 0. The van der Waals surface area contributed by atoms with Gasteiger partial charge in [0.1, 0.15) is 5.60 Å². The Bertz CT molecular complexity index is 195. The van der Waals surface area contributed by atoms with E-state index in [1.54, 1.807) is 0 Å². The molecule has 1 aliphatic heterocycles. The molecule has 0 aliphatic carbocycles. The summed E-state index contributed by atoms with van der Waals surface area (Å²) in [5.41, 5.74) is -0.803. The first kappa shape index (κ1) is 10.7. The Balaban J connectivity index is 2.73. The Morgan fingerprint density at radius 3 is 2.31 bits per heavy atom. The van der Waals surface area contributed by atoms with E-state index in [1.165, 1.54) is 0 Å². The van der Waals surface area contributed by atoms with Gasteiger partial charge >= 0.3 is 0 Å². The SMILES string of the molecule is CC(C)(C)C(=O)[C@@]1(C)CCCCO1. The van der Waals surface area contributed by atoms with E-state index in [4.69, 9.17) is 4.74 Å². The highest BCUT2D eigenvalue weighted by Crippen LogP contribution is 2.32. The van der Waals surface area contributed by atoms with Gasteiger partial charge in [-0.25, -0.2) is 0 Å². The van der Waals surface area contributed by atoms with Gasteiger partial charge in [0.25, 0.3) is 0 Å². The van der Waals surface area contributed by atoms with Crippen molar-refractivity contribution in [2.24, 2.45) is 5.41 Å². The summed E-state index contributed by atoms with van der Waals surface area (Å²) in [4.78, 5) is 12.0. The zero-order chi connectivity index (χ0) is 10.1. The lowest BCUT2D eigenvalue weighted by atomic mass is 9.78. The molecule has 2 heteroatoms. The largest absolute Gasteiger partial charge is 0.367 e. The van der Waals surface area contributed by atoms with Gasteiger partial charge in [0.05, 0.1) is 0 Å². The quantitative estimate of drug-likeness (QED) is 0.626. The maximum absolute atomic E-state index is 12.0.